The van der Waals surface area contributed by atoms with Crippen LogP contribution in [0.25, 0.3) is 0 Å². The van der Waals surface area contributed by atoms with Crippen molar-refractivity contribution in [3.05, 3.63) is 48.5 Å². The molecule has 3 rings (SSSR count). The predicted octanol–water partition coefficient (Wildman–Crippen LogP) is 3.53. The van der Waals surface area contributed by atoms with E-state index in [1.54, 1.807) is 21.3 Å². The molecule has 0 amide bonds. The molecule has 7 nitrogen and oxygen atoms in total. The van der Waals surface area contributed by atoms with E-state index in [0.29, 0.717) is 12.6 Å². The number of hydrogen-bond acceptors (Lipinski definition) is 5. The second-order valence-electron chi connectivity index (χ2n) is 7.28. The van der Waals surface area contributed by atoms with Gasteiger partial charge in [0.2, 0.25) is 0 Å². The fourth-order valence-electron chi connectivity index (χ4n) is 3.59. The minimum absolute atomic E-state index is 0. The molecule has 1 aliphatic rings. The Labute approximate surface area is 202 Å². The molecule has 2 aromatic carbocycles. The van der Waals surface area contributed by atoms with Gasteiger partial charge in [0.1, 0.15) is 11.9 Å². The SMILES string of the molecule is CN=C(NCC(C)Oc1ccccc1OC)NC1CCN(c2ccccc2OC)C1.I. The average molecular weight is 540 g/mol. The van der Waals surface area contributed by atoms with Gasteiger partial charge in [0.05, 0.1) is 26.5 Å². The number of ether oxygens (including phenoxy) is 3. The molecule has 0 spiro atoms. The van der Waals surface area contributed by atoms with Gasteiger partial charge in [-0.15, -0.1) is 24.0 Å². The molecule has 0 saturated carbocycles. The maximum absolute atomic E-state index is 6.01. The fourth-order valence-corrected chi connectivity index (χ4v) is 3.59. The van der Waals surface area contributed by atoms with Gasteiger partial charge in [0.15, 0.2) is 17.5 Å². The highest BCUT2D eigenvalue weighted by Crippen LogP contribution is 2.30. The highest BCUT2D eigenvalue weighted by Gasteiger charge is 2.25. The molecule has 2 unspecified atom stereocenters. The van der Waals surface area contributed by atoms with Crippen molar-refractivity contribution in [1.82, 2.24) is 10.6 Å². The Hall–Kier alpha value is -2.36. The van der Waals surface area contributed by atoms with Crippen molar-refractivity contribution in [2.24, 2.45) is 4.99 Å². The van der Waals surface area contributed by atoms with Gasteiger partial charge in [-0.05, 0) is 37.6 Å². The van der Waals surface area contributed by atoms with Crippen LogP contribution < -0.4 is 29.7 Å². The maximum atomic E-state index is 6.01. The smallest absolute Gasteiger partial charge is 0.191 e. The summed E-state index contributed by atoms with van der Waals surface area (Å²) < 4.78 is 16.9. The van der Waals surface area contributed by atoms with E-state index in [-0.39, 0.29) is 30.1 Å². The lowest BCUT2D eigenvalue weighted by molar-refractivity contribution is 0.213. The molecule has 0 bridgehead atoms. The van der Waals surface area contributed by atoms with Crippen molar-refractivity contribution in [2.75, 3.05) is 45.8 Å². The summed E-state index contributed by atoms with van der Waals surface area (Å²) >= 11 is 0. The first kappa shape index (κ1) is 24.9. The van der Waals surface area contributed by atoms with Crippen LogP contribution in [-0.2, 0) is 0 Å². The normalized spacial score (nSPS) is 16.8. The molecule has 31 heavy (non-hydrogen) atoms. The molecular weight excluding hydrogens is 507 g/mol. The van der Waals surface area contributed by atoms with Crippen LogP contribution >= 0.6 is 24.0 Å². The van der Waals surface area contributed by atoms with E-state index in [1.807, 2.05) is 49.4 Å². The summed E-state index contributed by atoms with van der Waals surface area (Å²) in [6.45, 7) is 4.52. The number of methoxy groups -OCH3 is 2. The summed E-state index contributed by atoms with van der Waals surface area (Å²) in [7, 11) is 5.14. The third kappa shape index (κ3) is 6.81. The second-order valence-corrected chi connectivity index (χ2v) is 7.28. The molecule has 1 saturated heterocycles. The van der Waals surface area contributed by atoms with Crippen molar-refractivity contribution in [3.8, 4) is 17.2 Å². The molecule has 1 heterocycles. The third-order valence-electron chi connectivity index (χ3n) is 5.13. The van der Waals surface area contributed by atoms with E-state index in [4.69, 9.17) is 14.2 Å². The molecule has 0 aliphatic carbocycles. The molecule has 2 N–H and O–H groups in total. The van der Waals surface area contributed by atoms with Crippen LogP contribution in [0.1, 0.15) is 13.3 Å². The number of benzene rings is 2. The minimum Gasteiger partial charge on any atom is -0.495 e. The summed E-state index contributed by atoms with van der Waals surface area (Å²) in [5.74, 6) is 3.15. The van der Waals surface area contributed by atoms with E-state index in [2.05, 4.69) is 26.6 Å². The fraction of sp³-hybridized carbons (Fsp3) is 0.435. The zero-order chi connectivity index (χ0) is 21.3. The number of aliphatic imine (C=N–C) groups is 1. The minimum atomic E-state index is -0.0477. The summed E-state index contributed by atoms with van der Waals surface area (Å²) in [5, 5.41) is 6.88. The predicted molar refractivity (Wildman–Crippen MR) is 137 cm³/mol. The number of para-hydroxylation sites is 4. The van der Waals surface area contributed by atoms with Gasteiger partial charge in [-0.25, -0.2) is 0 Å². The Morgan fingerprint density at radius 3 is 2.39 bits per heavy atom. The number of nitrogens with one attached hydrogen (secondary N) is 2. The highest BCUT2D eigenvalue weighted by molar-refractivity contribution is 14.0. The van der Waals surface area contributed by atoms with Crippen LogP contribution in [-0.4, -0.2) is 59.0 Å². The van der Waals surface area contributed by atoms with Gasteiger partial charge in [0.25, 0.3) is 0 Å². The highest BCUT2D eigenvalue weighted by atomic mass is 127. The molecular formula is C23H33IN4O3. The van der Waals surface area contributed by atoms with E-state index in [9.17, 15) is 0 Å². The van der Waals surface area contributed by atoms with Gasteiger partial charge < -0.3 is 29.7 Å². The van der Waals surface area contributed by atoms with E-state index in [0.717, 1.165) is 48.4 Å². The van der Waals surface area contributed by atoms with Gasteiger partial charge in [-0.1, -0.05) is 24.3 Å². The standard InChI is InChI=1S/C23H32N4O3.HI/c1-17(30-22-12-8-7-11-21(22)29-4)15-25-23(24-2)26-18-13-14-27(16-18)19-9-5-6-10-20(19)28-3;/h5-12,17-18H,13-16H2,1-4H3,(H2,24,25,26);1H. The lowest BCUT2D eigenvalue weighted by Crippen LogP contribution is -2.47. The first-order valence-electron chi connectivity index (χ1n) is 10.3. The number of halogens is 1. The molecule has 8 heteroatoms. The molecule has 1 aliphatic heterocycles. The third-order valence-corrected chi connectivity index (χ3v) is 5.13. The van der Waals surface area contributed by atoms with Gasteiger partial charge in [0, 0.05) is 26.2 Å². The Morgan fingerprint density at radius 2 is 1.71 bits per heavy atom. The quantitative estimate of drug-likeness (QED) is 0.304. The Bertz CT molecular complexity index is 849. The number of hydrogen-bond donors (Lipinski definition) is 2. The van der Waals surface area contributed by atoms with Crippen LogP contribution in [0.4, 0.5) is 5.69 Å². The van der Waals surface area contributed by atoms with Crippen molar-refractivity contribution >= 4 is 35.6 Å². The second kappa shape index (κ2) is 12.5. The molecule has 0 aromatic heterocycles. The topological polar surface area (TPSA) is 67.4 Å². The van der Waals surface area contributed by atoms with Gasteiger partial charge in [-0.2, -0.15) is 0 Å². The summed E-state index contributed by atoms with van der Waals surface area (Å²) in [6.07, 6.45) is 0.986. The van der Waals surface area contributed by atoms with Crippen LogP contribution in [0.3, 0.4) is 0 Å². The Kier molecular flexibility index (Phi) is 10.0. The summed E-state index contributed by atoms with van der Waals surface area (Å²) in [5.41, 5.74) is 1.13. The molecule has 0 radical (unpaired) electrons. The lowest BCUT2D eigenvalue weighted by atomic mass is 10.2. The van der Waals surface area contributed by atoms with Crippen LogP contribution in [0, 0.1) is 0 Å². The first-order chi connectivity index (χ1) is 14.6. The van der Waals surface area contributed by atoms with E-state index in [1.165, 1.54) is 0 Å². The maximum Gasteiger partial charge on any atom is 0.191 e. The van der Waals surface area contributed by atoms with Crippen LogP contribution in [0.2, 0.25) is 0 Å². The van der Waals surface area contributed by atoms with Crippen molar-refractivity contribution in [2.45, 2.75) is 25.5 Å². The van der Waals surface area contributed by atoms with E-state index >= 15 is 0 Å². The lowest BCUT2D eigenvalue weighted by Gasteiger charge is -2.23. The zero-order valence-corrected chi connectivity index (χ0v) is 21.0. The zero-order valence-electron chi connectivity index (χ0n) is 18.6. The summed E-state index contributed by atoms with van der Waals surface area (Å²) in [4.78, 5) is 6.71. The van der Waals surface area contributed by atoms with Crippen molar-refractivity contribution < 1.29 is 14.2 Å². The average Bonchev–Trinajstić information content (AvgIpc) is 3.25. The van der Waals surface area contributed by atoms with Gasteiger partial charge in [-0.3, -0.25) is 4.99 Å². The van der Waals surface area contributed by atoms with E-state index < -0.39 is 0 Å². The van der Waals surface area contributed by atoms with Crippen LogP contribution in [0.5, 0.6) is 17.2 Å². The van der Waals surface area contributed by atoms with Crippen molar-refractivity contribution in [3.63, 3.8) is 0 Å². The molecule has 2 atom stereocenters. The molecule has 1 fully saturated rings. The monoisotopic (exact) mass is 540 g/mol. The number of nitrogens with zero attached hydrogens (tertiary/aromatic N) is 2. The Morgan fingerprint density at radius 1 is 1.06 bits per heavy atom. The largest absolute Gasteiger partial charge is 0.495 e. The van der Waals surface area contributed by atoms with Gasteiger partial charge >= 0.3 is 0 Å². The number of guanidine groups is 1. The number of rotatable bonds is 8. The molecule has 170 valence electrons. The summed E-state index contributed by atoms with van der Waals surface area (Å²) in [6, 6.07) is 16.1. The Balaban J connectivity index is 0.00000341. The first-order valence-corrected chi connectivity index (χ1v) is 10.3. The number of anilines is 1. The molecule has 2 aromatic rings. The van der Waals surface area contributed by atoms with Crippen LogP contribution in [0.15, 0.2) is 53.5 Å². The van der Waals surface area contributed by atoms with Crippen molar-refractivity contribution in [1.29, 1.82) is 0 Å².